The normalized spacial score (nSPS) is 12.8. The smallest absolute Gasteiger partial charge is 0.314 e. The number of benzene rings is 1. The molecule has 1 aromatic carbocycles. The molecule has 0 heterocycles. The molecule has 2 amide bonds. The van der Waals surface area contributed by atoms with E-state index in [4.69, 9.17) is 0 Å². The van der Waals surface area contributed by atoms with Crippen LogP contribution < -0.4 is 10.6 Å². The summed E-state index contributed by atoms with van der Waals surface area (Å²) in [6.07, 6.45) is 1.76. The summed E-state index contributed by atoms with van der Waals surface area (Å²) in [5, 5.41) is 14.9. The number of amides is 2. The lowest BCUT2D eigenvalue weighted by molar-refractivity contribution is 0.148. The van der Waals surface area contributed by atoms with Gasteiger partial charge < -0.3 is 15.7 Å². The minimum atomic E-state index is -0.124. The highest BCUT2D eigenvalue weighted by molar-refractivity contribution is 5.73. The Bertz CT molecular complexity index is 455. The molecular weight excluding hydrogens is 276 g/mol. The molecule has 0 fully saturated rings. The zero-order chi connectivity index (χ0) is 16.6. The Morgan fingerprint density at radius 2 is 1.86 bits per heavy atom. The van der Waals surface area contributed by atoms with Gasteiger partial charge in [-0.25, -0.2) is 4.79 Å². The average Bonchev–Trinajstić information content (AvgIpc) is 2.50. The number of aryl methyl sites for hydroxylation is 1. The monoisotopic (exact) mass is 306 g/mol. The van der Waals surface area contributed by atoms with Crippen LogP contribution in [-0.2, 0) is 0 Å². The summed E-state index contributed by atoms with van der Waals surface area (Å²) in [7, 11) is 0. The Hall–Kier alpha value is -1.55. The molecule has 0 saturated heterocycles. The Morgan fingerprint density at radius 1 is 1.23 bits per heavy atom. The third kappa shape index (κ3) is 6.94. The molecule has 0 spiro atoms. The van der Waals surface area contributed by atoms with Crippen molar-refractivity contribution in [3.63, 3.8) is 0 Å². The van der Waals surface area contributed by atoms with Gasteiger partial charge in [-0.05, 0) is 36.7 Å². The van der Waals surface area contributed by atoms with Gasteiger partial charge >= 0.3 is 6.03 Å². The van der Waals surface area contributed by atoms with Crippen LogP contribution in [0.5, 0.6) is 0 Å². The summed E-state index contributed by atoms with van der Waals surface area (Å²) in [4.78, 5) is 11.8. The summed E-state index contributed by atoms with van der Waals surface area (Å²) in [5.41, 5.74) is 2.40. The first-order valence-corrected chi connectivity index (χ1v) is 8.03. The maximum absolute atomic E-state index is 11.8. The zero-order valence-corrected chi connectivity index (χ0v) is 14.3. The third-order valence-electron chi connectivity index (χ3n) is 3.96. The van der Waals surface area contributed by atoms with Gasteiger partial charge in [0.2, 0.25) is 0 Å². The van der Waals surface area contributed by atoms with Gasteiger partial charge in [-0.15, -0.1) is 0 Å². The van der Waals surface area contributed by atoms with Crippen molar-refractivity contribution in [2.24, 2.45) is 5.41 Å². The maximum atomic E-state index is 11.8. The van der Waals surface area contributed by atoms with Gasteiger partial charge in [0, 0.05) is 19.7 Å². The quantitative estimate of drug-likeness (QED) is 0.646. The molecule has 0 aromatic heterocycles. The molecule has 4 heteroatoms. The summed E-state index contributed by atoms with van der Waals surface area (Å²) < 4.78 is 0. The van der Waals surface area contributed by atoms with E-state index in [1.807, 2.05) is 13.8 Å². The van der Waals surface area contributed by atoms with Crippen LogP contribution in [0.1, 0.15) is 50.7 Å². The van der Waals surface area contributed by atoms with Crippen molar-refractivity contribution in [3.05, 3.63) is 35.4 Å². The van der Waals surface area contributed by atoms with Crippen molar-refractivity contribution < 1.29 is 9.90 Å². The van der Waals surface area contributed by atoms with E-state index in [0.717, 1.165) is 12.8 Å². The molecular formula is C18H30N2O2. The number of aliphatic hydroxyl groups is 1. The zero-order valence-electron chi connectivity index (χ0n) is 14.3. The Kier molecular flexibility index (Phi) is 7.39. The van der Waals surface area contributed by atoms with Crippen molar-refractivity contribution in [2.75, 3.05) is 19.7 Å². The first-order valence-electron chi connectivity index (χ1n) is 8.03. The van der Waals surface area contributed by atoms with Gasteiger partial charge in [0.05, 0.1) is 0 Å². The lowest BCUT2D eigenvalue weighted by Crippen LogP contribution is -2.38. The van der Waals surface area contributed by atoms with Gasteiger partial charge in [0.15, 0.2) is 0 Å². The Balaban J connectivity index is 2.21. The highest BCUT2D eigenvalue weighted by atomic mass is 16.3. The first-order chi connectivity index (χ1) is 10.3. The lowest BCUT2D eigenvalue weighted by atomic mass is 9.89. The van der Waals surface area contributed by atoms with E-state index in [9.17, 15) is 9.90 Å². The van der Waals surface area contributed by atoms with Crippen LogP contribution in [0.4, 0.5) is 4.79 Å². The number of urea groups is 1. The largest absolute Gasteiger partial charge is 0.396 e. The second-order valence-corrected chi connectivity index (χ2v) is 6.87. The molecule has 1 rings (SSSR count). The van der Waals surface area contributed by atoms with E-state index in [2.05, 4.69) is 48.7 Å². The van der Waals surface area contributed by atoms with E-state index in [0.29, 0.717) is 19.0 Å². The predicted molar refractivity (Wildman–Crippen MR) is 91.1 cm³/mol. The summed E-state index contributed by atoms with van der Waals surface area (Å²) in [6, 6.07) is 8.28. The Morgan fingerprint density at radius 3 is 2.45 bits per heavy atom. The number of aliphatic hydroxyl groups excluding tert-OH is 1. The number of hydrogen-bond acceptors (Lipinski definition) is 2. The van der Waals surface area contributed by atoms with E-state index in [-0.39, 0.29) is 18.1 Å². The molecule has 1 aromatic rings. The van der Waals surface area contributed by atoms with E-state index >= 15 is 0 Å². The second kappa shape index (κ2) is 8.79. The molecule has 0 saturated carbocycles. The highest BCUT2D eigenvalue weighted by Crippen LogP contribution is 2.20. The summed E-state index contributed by atoms with van der Waals surface area (Å²) in [6.45, 7) is 9.65. The fourth-order valence-electron chi connectivity index (χ4n) is 2.17. The summed E-state index contributed by atoms with van der Waals surface area (Å²) in [5.74, 6) is 0.291. The molecule has 0 bridgehead atoms. The van der Waals surface area contributed by atoms with Gasteiger partial charge in [0.1, 0.15) is 0 Å². The van der Waals surface area contributed by atoms with Crippen molar-refractivity contribution in [2.45, 2.75) is 46.5 Å². The average molecular weight is 306 g/mol. The molecule has 0 aliphatic rings. The van der Waals surface area contributed by atoms with Gasteiger partial charge in [-0.1, -0.05) is 50.6 Å². The fourth-order valence-corrected chi connectivity index (χ4v) is 2.17. The third-order valence-corrected chi connectivity index (χ3v) is 3.96. The number of nitrogens with one attached hydrogen (secondary N) is 2. The fraction of sp³-hybridized carbons (Fsp3) is 0.611. The number of carbonyl (C=O) groups excluding carboxylic acids is 1. The van der Waals surface area contributed by atoms with Gasteiger partial charge in [-0.2, -0.15) is 0 Å². The minimum Gasteiger partial charge on any atom is -0.396 e. The van der Waals surface area contributed by atoms with Crippen molar-refractivity contribution >= 4 is 6.03 Å². The van der Waals surface area contributed by atoms with Crippen LogP contribution in [0.2, 0.25) is 0 Å². The molecule has 3 N–H and O–H groups in total. The molecule has 1 atom stereocenters. The second-order valence-electron chi connectivity index (χ2n) is 6.87. The van der Waals surface area contributed by atoms with Crippen LogP contribution >= 0.6 is 0 Å². The van der Waals surface area contributed by atoms with Crippen LogP contribution in [0, 0.1) is 12.3 Å². The van der Waals surface area contributed by atoms with Crippen LogP contribution in [0.3, 0.4) is 0 Å². The van der Waals surface area contributed by atoms with Crippen LogP contribution in [0.15, 0.2) is 24.3 Å². The molecule has 0 aliphatic heterocycles. The summed E-state index contributed by atoms with van der Waals surface area (Å²) >= 11 is 0. The SMILES string of the molecule is Cc1ccc([C@H](C)CNC(=O)NCCCC(C)(C)CO)cc1. The molecule has 22 heavy (non-hydrogen) atoms. The Labute approximate surface area is 134 Å². The highest BCUT2D eigenvalue weighted by Gasteiger charge is 2.15. The number of carbonyl (C=O) groups is 1. The van der Waals surface area contributed by atoms with Crippen molar-refractivity contribution in [3.8, 4) is 0 Å². The number of rotatable bonds is 8. The lowest BCUT2D eigenvalue weighted by Gasteiger charge is -2.21. The minimum absolute atomic E-state index is 0.0713. The van der Waals surface area contributed by atoms with Gasteiger partial charge in [-0.3, -0.25) is 0 Å². The molecule has 124 valence electrons. The van der Waals surface area contributed by atoms with Crippen LogP contribution in [0.25, 0.3) is 0 Å². The molecule has 4 nitrogen and oxygen atoms in total. The topological polar surface area (TPSA) is 61.4 Å². The maximum Gasteiger partial charge on any atom is 0.314 e. The van der Waals surface area contributed by atoms with Gasteiger partial charge in [0.25, 0.3) is 0 Å². The van der Waals surface area contributed by atoms with E-state index in [1.165, 1.54) is 11.1 Å². The van der Waals surface area contributed by atoms with Crippen molar-refractivity contribution in [1.29, 1.82) is 0 Å². The van der Waals surface area contributed by atoms with E-state index < -0.39 is 0 Å². The standard InChI is InChI=1S/C18H30N2O2/c1-14-6-8-16(9-7-14)15(2)12-20-17(22)19-11-5-10-18(3,4)13-21/h6-9,15,21H,5,10-13H2,1-4H3,(H2,19,20,22)/t15-/m1/s1. The molecule has 0 radical (unpaired) electrons. The van der Waals surface area contributed by atoms with Crippen LogP contribution in [-0.4, -0.2) is 30.8 Å². The van der Waals surface area contributed by atoms with E-state index in [1.54, 1.807) is 0 Å². The number of hydrogen-bond donors (Lipinski definition) is 3. The first kappa shape index (κ1) is 18.5. The molecule has 0 unspecified atom stereocenters. The predicted octanol–water partition coefficient (Wildman–Crippen LogP) is 3.20. The van der Waals surface area contributed by atoms with Crippen molar-refractivity contribution in [1.82, 2.24) is 10.6 Å². The molecule has 0 aliphatic carbocycles.